The molecule has 190 valence electrons. The van der Waals surface area contributed by atoms with Crippen molar-refractivity contribution in [2.75, 3.05) is 18.0 Å². The van der Waals surface area contributed by atoms with Crippen molar-refractivity contribution in [2.24, 2.45) is 0 Å². The summed E-state index contributed by atoms with van der Waals surface area (Å²) in [7, 11) is -2.35. The first-order valence-electron chi connectivity index (χ1n) is 12.9. The summed E-state index contributed by atoms with van der Waals surface area (Å²) in [6.07, 6.45) is 6.43. The third-order valence-corrected chi connectivity index (χ3v) is 11.1. The number of anilines is 1. The normalized spacial score (nSPS) is 13.5. The first-order chi connectivity index (χ1) is 18.4. The van der Waals surface area contributed by atoms with Crippen molar-refractivity contribution in [3.05, 3.63) is 133 Å². The highest BCUT2D eigenvalue weighted by molar-refractivity contribution is 14.0. The van der Waals surface area contributed by atoms with Gasteiger partial charge in [0.05, 0.1) is 0 Å². The van der Waals surface area contributed by atoms with Crippen LogP contribution in [0, 0.1) is 0 Å². The van der Waals surface area contributed by atoms with Crippen molar-refractivity contribution in [1.82, 2.24) is 4.98 Å². The molecule has 1 aliphatic rings. The van der Waals surface area contributed by atoms with Crippen molar-refractivity contribution in [3.8, 4) is 0 Å². The fraction of sp³-hybridized carbons (Fsp3) is 0.121. The number of benzene rings is 4. The Morgan fingerprint density at radius 1 is 0.605 bits per heavy atom. The Hall–Kier alpha value is -3.21. The van der Waals surface area contributed by atoms with Crippen LogP contribution in [0.2, 0.25) is 0 Å². The SMILES string of the molecule is C(=C\c1nc([P+](c2ccccc2)(c2ccccc2)c2ccccc2)c(N2CCCC2)o1)/c1ccccc1.I. The summed E-state index contributed by atoms with van der Waals surface area (Å²) < 4.78 is 6.65. The van der Waals surface area contributed by atoms with Gasteiger partial charge in [-0.2, -0.15) is 4.98 Å². The van der Waals surface area contributed by atoms with E-state index in [0.717, 1.165) is 30.0 Å². The predicted molar refractivity (Wildman–Crippen MR) is 174 cm³/mol. The van der Waals surface area contributed by atoms with Gasteiger partial charge in [-0.15, -0.1) is 24.0 Å². The molecule has 0 aliphatic carbocycles. The fourth-order valence-electron chi connectivity index (χ4n) is 5.24. The molecule has 3 nitrogen and oxygen atoms in total. The van der Waals surface area contributed by atoms with Crippen LogP contribution < -0.4 is 26.2 Å². The Bertz CT molecular complexity index is 1370. The van der Waals surface area contributed by atoms with Crippen LogP contribution in [-0.2, 0) is 0 Å². The molecular weight excluding hydrogens is 598 g/mol. The number of rotatable bonds is 7. The zero-order valence-electron chi connectivity index (χ0n) is 21.2. The van der Waals surface area contributed by atoms with E-state index in [-0.39, 0.29) is 24.0 Å². The van der Waals surface area contributed by atoms with Crippen molar-refractivity contribution in [1.29, 1.82) is 0 Å². The van der Waals surface area contributed by atoms with Crippen LogP contribution >= 0.6 is 31.2 Å². The molecule has 1 aliphatic heterocycles. The molecule has 1 aromatic heterocycles. The van der Waals surface area contributed by atoms with E-state index in [1.807, 2.05) is 24.3 Å². The van der Waals surface area contributed by atoms with Crippen molar-refractivity contribution in [3.63, 3.8) is 0 Å². The lowest BCUT2D eigenvalue weighted by molar-refractivity contribution is 0.539. The maximum atomic E-state index is 6.65. The largest absolute Gasteiger partial charge is 0.417 e. The van der Waals surface area contributed by atoms with Gasteiger partial charge in [0.1, 0.15) is 15.9 Å². The molecule has 5 aromatic rings. The molecule has 5 heteroatoms. The van der Waals surface area contributed by atoms with E-state index in [1.54, 1.807) is 0 Å². The summed E-state index contributed by atoms with van der Waals surface area (Å²) in [5.41, 5.74) is 2.17. The van der Waals surface area contributed by atoms with E-state index in [4.69, 9.17) is 9.40 Å². The highest BCUT2D eigenvalue weighted by Crippen LogP contribution is 2.56. The summed E-state index contributed by atoms with van der Waals surface area (Å²) >= 11 is 0. The molecule has 4 aromatic carbocycles. The Kier molecular flexibility index (Phi) is 8.41. The zero-order chi connectivity index (χ0) is 24.9. The number of aromatic nitrogens is 1. The maximum absolute atomic E-state index is 6.65. The molecular formula is C33H31IN2OP+. The Labute approximate surface area is 242 Å². The van der Waals surface area contributed by atoms with E-state index < -0.39 is 7.26 Å². The van der Waals surface area contributed by atoms with Crippen molar-refractivity contribution in [2.45, 2.75) is 12.8 Å². The lowest BCUT2D eigenvalue weighted by Crippen LogP contribution is -2.41. The summed E-state index contributed by atoms with van der Waals surface area (Å²) in [5, 5.41) is 3.83. The van der Waals surface area contributed by atoms with Gasteiger partial charge in [0, 0.05) is 19.2 Å². The van der Waals surface area contributed by atoms with Crippen LogP contribution in [0.5, 0.6) is 0 Å². The summed E-state index contributed by atoms with van der Waals surface area (Å²) in [4.78, 5) is 7.72. The molecule has 0 spiro atoms. The number of nitrogens with zero attached hydrogens (tertiary/aromatic N) is 2. The first-order valence-corrected chi connectivity index (χ1v) is 14.7. The first kappa shape index (κ1) is 26.4. The van der Waals surface area contributed by atoms with Gasteiger partial charge < -0.3 is 9.32 Å². The third-order valence-electron chi connectivity index (χ3n) is 6.97. The van der Waals surface area contributed by atoms with Crippen molar-refractivity contribution >= 4 is 70.6 Å². The standard InChI is InChI=1S/C33H30N2OP.HI/c1-5-15-27(16-6-1)23-24-31-34-32(33(36-31)35-25-13-14-26-35)37(28-17-7-2-8-18-28,29-19-9-3-10-20-29)30-21-11-4-12-22-30;/h1-12,15-24H,13-14,25-26H2;1H/q+1;/b24-23+;. The molecule has 0 atom stereocenters. The second-order valence-electron chi connectivity index (χ2n) is 9.30. The zero-order valence-corrected chi connectivity index (χ0v) is 24.4. The average molecular weight is 630 g/mol. The number of hydrogen-bond donors (Lipinski definition) is 0. The topological polar surface area (TPSA) is 29.3 Å². The van der Waals surface area contributed by atoms with E-state index in [9.17, 15) is 0 Å². The smallest absolute Gasteiger partial charge is 0.262 e. The molecule has 0 saturated carbocycles. The number of halogens is 1. The second kappa shape index (κ2) is 12.1. The van der Waals surface area contributed by atoms with Crippen LogP contribution in [0.4, 0.5) is 5.88 Å². The average Bonchev–Trinajstić information content (AvgIpc) is 3.66. The minimum Gasteiger partial charge on any atom is -0.417 e. The van der Waals surface area contributed by atoms with Crippen LogP contribution in [0.3, 0.4) is 0 Å². The quantitative estimate of drug-likeness (QED) is 0.149. The van der Waals surface area contributed by atoms with E-state index in [0.29, 0.717) is 5.89 Å². The van der Waals surface area contributed by atoms with E-state index in [1.165, 1.54) is 28.8 Å². The molecule has 6 rings (SSSR count). The van der Waals surface area contributed by atoms with Gasteiger partial charge in [0.25, 0.3) is 11.3 Å². The molecule has 0 radical (unpaired) electrons. The highest BCUT2D eigenvalue weighted by atomic mass is 127. The number of oxazole rings is 1. The maximum Gasteiger partial charge on any atom is 0.262 e. The van der Waals surface area contributed by atoms with Crippen LogP contribution in [0.1, 0.15) is 24.3 Å². The minimum atomic E-state index is -2.35. The van der Waals surface area contributed by atoms with Crippen LogP contribution in [0.25, 0.3) is 12.2 Å². The minimum absolute atomic E-state index is 0. The molecule has 0 amide bonds. The Morgan fingerprint density at radius 3 is 1.53 bits per heavy atom. The van der Waals surface area contributed by atoms with Crippen LogP contribution in [-0.4, -0.2) is 18.1 Å². The third kappa shape index (κ3) is 5.08. The second-order valence-corrected chi connectivity index (χ2v) is 12.6. The lowest BCUT2D eigenvalue weighted by Gasteiger charge is -2.27. The molecule has 0 bridgehead atoms. The summed E-state index contributed by atoms with van der Waals surface area (Å²) in [6, 6.07) is 43.0. The summed E-state index contributed by atoms with van der Waals surface area (Å²) in [6.45, 7) is 1.98. The Morgan fingerprint density at radius 2 is 1.05 bits per heavy atom. The van der Waals surface area contributed by atoms with E-state index >= 15 is 0 Å². The molecule has 0 N–H and O–H groups in total. The van der Waals surface area contributed by atoms with Gasteiger partial charge in [-0.05, 0) is 60.9 Å². The van der Waals surface area contributed by atoms with E-state index in [2.05, 4.69) is 114 Å². The lowest BCUT2D eigenvalue weighted by atomic mass is 10.2. The van der Waals surface area contributed by atoms with Gasteiger partial charge in [-0.3, -0.25) is 0 Å². The van der Waals surface area contributed by atoms with Gasteiger partial charge in [0.15, 0.2) is 7.26 Å². The molecule has 38 heavy (non-hydrogen) atoms. The molecule has 1 fully saturated rings. The fourth-order valence-corrected chi connectivity index (χ4v) is 9.44. The Balaban J connectivity index is 0.00000294. The van der Waals surface area contributed by atoms with Crippen LogP contribution in [0.15, 0.2) is 126 Å². The number of hydrogen-bond acceptors (Lipinski definition) is 3. The molecule has 0 unspecified atom stereocenters. The predicted octanol–water partition coefficient (Wildman–Crippen LogP) is 6.68. The molecule has 2 heterocycles. The van der Waals surface area contributed by atoms with Crippen molar-refractivity contribution < 1.29 is 4.42 Å². The summed E-state index contributed by atoms with van der Waals surface area (Å²) in [5.74, 6) is 1.56. The van der Waals surface area contributed by atoms with Gasteiger partial charge in [0.2, 0.25) is 5.89 Å². The monoisotopic (exact) mass is 629 g/mol. The van der Waals surface area contributed by atoms with Gasteiger partial charge in [-0.1, -0.05) is 84.9 Å². The molecule has 1 saturated heterocycles. The van der Waals surface area contributed by atoms with Gasteiger partial charge in [-0.25, -0.2) is 0 Å². The highest BCUT2D eigenvalue weighted by Gasteiger charge is 2.53. The van der Waals surface area contributed by atoms with Gasteiger partial charge >= 0.3 is 0 Å².